The third-order valence-electron chi connectivity index (χ3n) is 8.38. The van der Waals surface area contributed by atoms with Gasteiger partial charge in [-0.05, 0) is 75.0 Å². The predicted octanol–water partition coefficient (Wildman–Crippen LogP) is 4.66. The summed E-state index contributed by atoms with van der Waals surface area (Å²) in [7, 11) is 11.5. The Hall–Kier alpha value is 0.326. The first-order valence-electron chi connectivity index (χ1n) is 12.8. The maximum atomic E-state index is 5.74. The molecule has 0 heterocycles. The van der Waals surface area contributed by atoms with Crippen molar-refractivity contribution in [2.45, 2.75) is 65.4 Å². The van der Waals surface area contributed by atoms with Crippen molar-refractivity contribution in [3.05, 3.63) is 108 Å². The first-order valence-corrected chi connectivity index (χ1v) is 21.7. The number of benzene rings is 1. The van der Waals surface area contributed by atoms with E-state index in [9.17, 15) is 0 Å². The second kappa shape index (κ2) is 16.1. The average Bonchev–Trinajstić information content (AvgIpc) is 3.62. The van der Waals surface area contributed by atoms with Gasteiger partial charge in [-0.25, -0.2) is 0 Å². The van der Waals surface area contributed by atoms with E-state index >= 15 is 0 Å². The molecule has 0 nitrogen and oxygen atoms in total. The molecular formula is C32H38Cl4Zr2. The third-order valence-corrected chi connectivity index (χ3v) is 14.6. The molecule has 1 aromatic carbocycles. The number of hydrogen-bond acceptors (Lipinski definition) is 0. The molecule has 0 bridgehead atoms. The van der Waals surface area contributed by atoms with Gasteiger partial charge in [-0.1, -0.05) is 25.0 Å². The van der Waals surface area contributed by atoms with E-state index in [4.69, 9.17) is 17.0 Å². The number of halogens is 4. The van der Waals surface area contributed by atoms with Gasteiger partial charge in [0.25, 0.3) is 0 Å². The Bertz CT molecular complexity index is 1190. The van der Waals surface area contributed by atoms with Crippen LogP contribution in [0.2, 0.25) is 0 Å². The van der Waals surface area contributed by atoms with E-state index in [1.54, 1.807) is 47.0 Å². The quantitative estimate of drug-likeness (QED) is 0.414. The van der Waals surface area contributed by atoms with Crippen molar-refractivity contribution >= 4 is 23.1 Å². The molecule has 6 heteroatoms. The third kappa shape index (κ3) is 7.99. The van der Waals surface area contributed by atoms with Crippen LogP contribution < -0.4 is 24.8 Å². The van der Waals surface area contributed by atoms with Crippen LogP contribution in [-0.4, -0.2) is 0 Å². The summed E-state index contributed by atoms with van der Waals surface area (Å²) in [6.07, 6.45) is 11.6. The van der Waals surface area contributed by atoms with E-state index < -0.39 is 19.4 Å². The number of rotatable bonds is 2. The summed E-state index contributed by atoms with van der Waals surface area (Å²) in [4.78, 5) is 0. The van der Waals surface area contributed by atoms with Crippen molar-refractivity contribution in [1.82, 2.24) is 0 Å². The van der Waals surface area contributed by atoms with Gasteiger partial charge in [0.05, 0.1) is 0 Å². The molecule has 0 aliphatic heterocycles. The number of hydrogen-bond donors (Lipinski definition) is 0. The zero-order valence-corrected chi connectivity index (χ0v) is 31.6. The predicted molar refractivity (Wildman–Crippen MR) is 152 cm³/mol. The van der Waals surface area contributed by atoms with Gasteiger partial charge in [-0.15, -0.1) is 0 Å². The number of allylic oxidation sites excluding steroid dienone is 13. The second-order valence-electron chi connectivity index (χ2n) is 10.2. The average molecular weight is 747 g/mol. The fraction of sp³-hybridized carbons (Fsp3) is 0.375. The van der Waals surface area contributed by atoms with Gasteiger partial charge in [0.2, 0.25) is 0 Å². The molecule has 4 aliphatic rings. The van der Waals surface area contributed by atoms with E-state index in [1.165, 1.54) is 36.7 Å². The Kier molecular flexibility index (Phi) is 15.4. The van der Waals surface area contributed by atoms with E-state index in [1.807, 2.05) is 12.2 Å². The second-order valence-corrected chi connectivity index (χ2v) is 20.2. The molecule has 0 radical (unpaired) electrons. The molecule has 0 N–H and O–H groups in total. The zero-order chi connectivity index (χ0) is 26.7. The van der Waals surface area contributed by atoms with Crippen LogP contribution >= 0.6 is 17.0 Å². The van der Waals surface area contributed by atoms with Gasteiger partial charge in [0, 0.05) is 11.8 Å². The van der Waals surface area contributed by atoms with Crippen LogP contribution in [0.4, 0.5) is 0 Å². The van der Waals surface area contributed by atoms with Crippen LogP contribution in [0.3, 0.4) is 0 Å². The molecule has 0 amide bonds. The van der Waals surface area contributed by atoms with Crippen molar-refractivity contribution in [3.8, 4) is 0 Å². The summed E-state index contributed by atoms with van der Waals surface area (Å²) in [6, 6.07) is 8.60. The van der Waals surface area contributed by atoms with Crippen molar-refractivity contribution in [2.24, 2.45) is 11.8 Å². The molecule has 0 aromatic heterocycles. The van der Waals surface area contributed by atoms with E-state index in [0.717, 1.165) is 6.42 Å². The molecule has 0 saturated heterocycles. The molecule has 38 heavy (non-hydrogen) atoms. The molecule has 0 spiro atoms. The van der Waals surface area contributed by atoms with Crippen LogP contribution in [-0.2, 0) is 44.1 Å². The summed E-state index contributed by atoms with van der Waals surface area (Å²) in [5, 5.41) is 0. The van der Waals surface area contributed by atoms with Crippen LogP contribution in [0.5, 0.6) is 0 Å². The van der Waals surface area contributed by atoms with Gasteiger partial charge < -0.3 is 24.8 Å². The fourth-order valence-corrected chi connectivity index (χ4v) is 9.19. The van der Waals surface area contributed by atoms with Crippen LogP contribution in [0.15, 0.2) is 96.4 Å². The van der Waals surface area contributed by atoms with Gasteiger partial charge in [-0.3, -0.25) is 0 Å². The molecule has 5 rings (SSSR count). The molecule has 0 fully saturated rings. The summed E-state index contributed by atoms with van der Waals surface area (Å²) in [5.74, 6) is 1.19. The van der Waals surface area contributed by atoms with Crippen molar-refractivity contribution in [2.75, 3.05) is 0 Å². The van der Waals surface area contributed by atoms with Crippen LogP contribution in [0, 0.1) is 11.8 Å². The minimum absolute atomic E-state index is 0. The molecule has 3 unspecified atom stereocenters. The topological polar surface area (TPSA) is 0 Å². The summed E-state index contributed by atoms with van der Waals surface area (Å²) in [6.45, 7) is 18.5. The molecular weight excluding hydrogens is 709 g/mol. The standard InChI is InChI=1S/C18H26.C9H7.C5H5.4ClH.2Zr/c1-9-10(2)14(6)17(13(9)5)18-15(7)11(3)12(4)16(18)8;1-2-5-9-7-3-6-8(9)4-1;1-2-4-5-3-1;;;;;;/h13,15H,1-8H3;1-7H;1-3H,4H2;4*1H;;/q;;;;;;;2*+2/p-4. The van der Waals surface area contributed by atoms with Gasteiger partial charge in [0.15, 0.2) is 0 Å². The van der Waals surface area contributed by atoms with Crippen molar-refractivity contribution < 1.29 is 68.9 Å². The van der Waals surface area contributed by atoms with Gasteiger partial charge in [-0.2, -0.15) is 0 Å². The monoisotopic (exact) mass is 742 g/mol. The SMILES string of the molecule is CC1=C(C)C(C)C(C2=C(C)C(C)=C(C)C2C)=C1C.[Cl-].[Cl-].[Cl][Zr]([Cl])[C]1=CC=CC1.[Zr+2][CH]1C=Cc2ccccc21. The first-order chi connectivity index (χ1) is 17.0. The summed E-state index contributed by atoms with van der Waals surface area (Å²) >= 11 is -0.376. The molecule has 0 saturated carbocycles. The first kappa shape index (κ1) is 36.4. The normalized spacial score (nSPS) is 22.9. The van der Waals surface area contributed by atoms with E-state index in [2.05, 4.69) is 97.9 Å². The van der Waals surface area contributed by atoms with Crippen LogP contribution in [0.1, 0.15) is 76.6 Å². The Morgan fingerprint density at radius 2 is 1.29 bits per heavy atom. The minimum atomic E-state index is -1.96. The Morgan fingerprint density at radius 3 is 1.63 bits per heavy atom. The zero-order valence-electron chi connectivity index (χ0n) is 23.6. The fourth-order valence-electron chi connectivity index (χ4n) is 5.43. The van der Waals surface area contributed by atoms with Crippen molar-refractivity contribution in [1.29, 1.82) is 0 Å². The van der Waals surface area contributed by atoms with E-state index in [0.29, 0.717) is 15.5 Å². The Balaban J connectivity index is 0.000000306. The summed E-state index contributed by atoms with van der Waals surface area (Å²) in [5.41, 5.74) is 15.3. The van der Waals surface area contributed by atoms with Gasteiger partial charge in [0.1, 0.15) is 0 Å². The Morgan fingerprint density at radius 1 is 0.789 bits per heavy atom. The molecule has 202 valence electrons. The number of fused-ring (bicyclic) bond motifs is 1. The Labute approximate surface area is 273 Å². The maximum absolute atomic E-state index is 5.74. The van der Waals surface area contributed by atoms with E-state index in [-0.39, 0.29) is 24.8 Å². The molecule has 1 aromatic rings. The summed E-state index contributed by atoms with van der Waals surface area (Å²) < 4.78 is 2.00. The van der Waals surface area contributed by atoms with Gasteiger partial charge >= 0.3 is 140 Å². The van der Waals surface area contributed by atoms with Crippen molar-refractivity contribution in [3.63, 3.8) is 0 Å². The van der Waals surface area contributed by atoms with Crippen LogP contribution in [0.25, 0.3) is 6.08 Å². The molecule has 4 aliphatic carbocycles. The molecule has 3 atom stereocenters.